The first-order chi connectivity index (χ1) is 7.47. The van der Waals surface area contributed by atoms with Gasteiger partial charge in [0.2, 0.25) is 0 Å². The van der Waals surface area contributed by atoms with E-state index in [0.29, 0.717) is 11.5 Å². The van der Waals surface area contributed by atoms with E-state index in [0.717, 1.165) is 0 Å². The summed E-state index contributed by atoms with van der Waals surface area (Å²) in [6.07, 6.45) is 0. The van der Waals surface area contributed by atoms with Gasteiger partial charge in [-0.3, -0.25) is 14.4 Å². The van der Waals surface area contributed by atoms with E-state index in [2.05, 4.69) is 20.3 Å². The quantitative estimate of drug-likeness (QED) is 0.733. The molecule has 88 valence electrons. The summed E-state index contributed by atoms with van der Waals surface area (Å²) in [5.74, 6) is 0.0754. The molecule has 0 aromatic carbocycles. The van der Waals surface area contributed by atoms with Crippen molar-refractivity contribution in [1.82, 2.24) is 15.4 Å². The minimum absolute atomic E-state index is 0.0220. The van der Waals surface area contributed by atoms with Crippen LogP contribution in [-0.2, 0) is 4.84 Å². The van der Waals surface area contributed by atoms with Gasteiger partial charge in [-0.1, -0.05) is 13.8 Å². The number of aromatic nitrogens is 2. The molecule has 1 aromatic heterocycles. The zero-order valence-corrected chi connectivity index (χ0v) is 9.75. The third-order valence-corrected chi connectivity index (χ3v) is 2.09. The lowest BCUT2D eigenvalue weighted by Gasteiger charge is -2.08. The van der Waals surface area contributed by atoms with Gasteiger partial charge in [0.15, 0.2) is 0 Å². The number of nitrogens with one attached hydrogen (secondary N) is 2. The van der Waals surface area contributed by atoms with Crippen LogP contribution >= 0.6 is 0 Å². The lowest BCUT2D eigenvalue weighted by molar-refractivity contribution is 0.0534. The zero-order chi connectivity index (χ0) is 12.3. The van der Waals surface area contributed by atoms with Gasteiger partial charge in [-0.25, -0.2) is 10.5 Å². The topological polar surface area (TPSA) is 84.1 Å². The summed E-state index contributed by atoms with van der Waals surface area (Å²) < 4.78 is 0. The molecule has 1 aromatic rings. The number of carbonyl (C=O) groups is 1. The Bertz CT molecular complexity index is 451. The zero-order valence-electron chi connectivity index (χ0n) is 9.75. The van der Waals surface area contributed by atoms with E-state index < -0.39 is 11.5 Å². The second-order valence-corrected chi connectivity index (χ2v) is 3.70. The third-order valence-electron chi connectivity index (χ3n) is 2.09. The summed E-state index contributed by atoms with van der Waals surface area (Å²) in [4.78, 5) is 34.3. The maximum atomic E-state index is 11.7. The lowest BCUT2D eigenvalue weighted by atomic mass is 10.1. The molecule has 0 aliphatic rings. The highest BCUT2D eigenvalue weighted by atomic mass is 16.6. The predicted octanol–water partition coefficient (Wildman–Crippen LogP) is 0.493. The van der Waals surface area contributed by atoms with E-state index in [4.69, 9.17) is 0 Å². The molecule has 0 radical (unpaired) electrons. The molecule has 1 amide bonds. The molecule has 0 saturated carbocycles. The lowest BCUT2D eigenvalue weighted by Crippen LogP contribution is -2.31. The maximum absolute atomic E-state index is 11.7. The smallest absolute Gasteiger partial charge is 0.282 e. The number of hydroxylamine groups is 1. The van der Waals surface area contributed by atoms with Crippen molar-refractivity contribution >= 4 is 5.91 Å². The molecular formula is C10H15N3O3. The fraction of sp³-hybridized carbons (Fsp3) is 0.500. The Balaban J connectivity index is 3.23. The SMILES string of the molecule is CONC(=O)c1c(C)nc(C(C)C)[nH]c1=O. The molecule has 1 rings (SSSR count). The van der Waals surface area contributed by atoms with Gasteiger partial charge in [-0.15, -0.1) is 0 Å². The standard InChI is InChI=1S/C10H15N3O3/c1-5(2)8-11-6(3)7(9(14)12-8)10(15)13-16-4/h5H,1-4H3,(H,13,15)(H,11,12,14). The van der Waals surface area contributed by atoms with Crippen molar-refractivity contribution in [1.29, 1.82) is 0 Å². The largest absolute Gasteiger partial charge is 0.310 e. The number of amides is 1. The minimum atomic E-state index is -0.593. The summed E-state index contributed by atoms with van der Waals surface area (Å²) in [6, 6.07) is 0. The summed E-state index contributed by atoms with van der Waals surface area (Å²) in [5.41, 5.74) is 2.01. The normalized spacial score (nSPS) is 10.6. The fourth-order valence-electron chi connectivity index (χ4n) is 1.29. The molecule has 0 bridgehead atoms. The van der Waals surface area contributed by atoms with Crippen molar-refractivity contribution in [3.05, 3.63) is 27.4 Å². The molecule has 1 heterocycles. The van der Waals surface area contributed by atoms with Crippen LogP contribution in [0.15, 0.2) is 4.79 Å². The Morgan fingerprint density at radius 3 is 2.56 bits per heavy atom. The third kappa shape index (κ3) is 2.46. The second-order valence-electron chi connectivity index (χ2n) is 3.70. The van der Waals surface area contributed by atoms with E-state index >= 15 is 0 Å². The molecule has 0 aliphatic carbocycles. The molecule has 0 aliphatic heterocycles. The number of hydrogen-bond acceptors (Lipinski definition) is 4. The Morgan fingerprint density at radius 2 is 2.12 bits per heavy atom. The molecule has 0 unspecified atom stereocenters. The minimum Gasteiger partial charge on any atom is -0.310 e. The van der Waals surface area contributed by atoms with Gasteiger partial charge in [0.25, 0.3) is 11.5 Å². The van der Waals surface area contributed by atoms with Gasteiger partial charge >= 0.3 is 0 Å². The van der Waals surface area contributed by atoms with Crippen molar-refractivity contribution in [3.8, 4) is 0 Å². The van der Waals surface area contributed by atoms with Gasteiger partial charge in [-0.2, -0.15) is 0 Å². The Kier molecular flexibility index (Phi) is 3.78. The number of aryl methyl sites for hydroxylation is 1. The first-order valence-corrected chi connectivity index (χ1v) is 4.91. The van der Waals surface area contributed by atoms with Crippen LogP contribution in [0.4, 0.5) is 0 Å². The average Bonchev–Trinajstić information content (AvgIpc) is 2.16. The first-order valence-electron chi connectivity index (χ1n) is 4.91. The van der Waals surface area contributed by atoms with Gasteiger partial charge in [0.05, 0.1) is 12.8 Å². The molecule has 6 nitrogen and oxygen atoms in total. The van der Waals surface area contributed by atoms with Crippen LogP contribution in [0.2, 0.25) is 0 Å². The van der Waals surface area contributed by atoms with Crippen molar-refractivity contribution in [2.45, 2.75) is 26.7 Å². The average molecular weight is 225 g/mol. The number of nitrogens with zero attached hydrogens (tertiary/aromatic N) is 1. The van der Waals surface area contributed by atoms with Crippen molar-refractivity contribution in [2.24, 2.45) is 0 Å². The monoisotopic (exact) mass is 225 g/mol. The van der Waals surface area contributed by atoms with E-state index in [9.17, 15) is 9.59 Å². The van der Waals surface area contributed by atoms with Crippen molar-refractivity contribution < 1.29 is 9.63 Å². The van der Waals surface area contributed by atoms with Gasteiger partial charge < -0.3 is 4.98 Å². The summed E-state index contributed by atoms with van der Waals surface area (Å²) in [6.45, 7) is 5.44. The van der Waals surface area contributed by atoms with Gasteiger partial charge in [0.1, 0.15) is 11.4 Å². The Hall–Kier alpha value is -1.69. The van der Waals surface area contributed by atoms with E-state index in [1.54, 1.807) is 6.92 Å². The van der Waals surface area contributed by atoms with Crippen LogP contribution in [0.25, 0.3) is 0 Å². The number of hydrogen-bond donors (Lipinski definition) is 2. The van der Waals surface area contributed by atoms with Crippen molar-refractivity contribution in [2.75, 3.05) is 7.11 Å². The highest BCUT2D eigenvalue weighted by molar-refractivity contribution is 5.94. The molecule has 0 saturated heterocycles. The highest BCUT2D eigenvalue weighted by Crippen LogP contribution is 2.08. The Labute approximate surface area is 93.0 Å². The molecule has 16 heavy (non-hydrogen) atoms. The molecule has 0 fully saturated rings. The van der Waals surface area contributed by atoms with E-state index in [-0.39, 0.29) is 11.5 Å². The molecule has 2 N–H and O–H groups in total. The summed E-state index contributed by atoms with van der Waals surface area (Å²) in [5, 5.41) is 0. The summed E-state index contributed by atoms with van der Waals surface area (Å²) in [7, 11) is 1.30. The van der Waals surface area contributed by atoms with E-state index in [1.165, 1.54) is 7.11 Å². The molecule has 0 spiro atoms. The number of H-pyrrole nitrogens is 1. The van der Waals surface area contributed by atoms with E-state index in [1.807, 2.05) is 13.8 Å². The van der Waals surface area contributed by atoms with Gasteiger partial charge in [0, 0.05) is 5.92 Å². The number of carbonyl (C=O) groups excluding carboxylic acids is 1. The van der Waals surface area contributed by atoms with Crippen LogP contribution < -0.4 is 11.0 Å². The predicted molar refractivity (Wildman–Crippen MR) is 58.2 cm³/mol. The maximum Gasteiger partial charge on any atom is 0.282 e. The van der Waals surface area contributed by atoms with Crippen LogP contribution in [-0.4, -0.2) is 23.0 Å². The van der Waals surface area contributed by atoms with Crippen molar-refractivity contribution in [3.63, 3.8) is 0 Å². The first kappa shape index (κ1) is 12.4. The molecule has 0 atom stereocenters. The number of aromatic amines is 1. The summed E-state index contributed by atoms with van der Waals surface area (Å²) >= 11 is 0. The molecular weight excluding hydrogens is 210 g/mol. The second kappa shape index (κ2) is 4.89. The van der Waals surface area contributed by atoms with Crippen LogP contribution in [0.1, 0.15) is 41.6 Å². The Morgan fingerprint density at radius 1 is 1.50 bits per heavy atom. The van der Waals surface area contributed by atoms with Crippen LogP contribution in [0, 0.1) is 6.92 Å². The molecule has 6 heteroatoms. The highest BCUT2D eigenvalue weighted by Gasteiger charge is 2.16. The number of rotatable bonds is 3. The van der Waals surface area contributed by atoms with Crippen LogP contribution in [0.3, 0.4) is 0 Å². The van der Waals surface area contributed by atoms with Crippen LogP contribution in [0.5, 0.6) is 0 Å². The fourth-order valence-corrected chi connectivity index (χ4v) is 1.29. The van der Waals surface area contributed by atoms with Gasteiger partial charge in [-0.05, 0) is 6.92 Å².